The largest absolute Gasteiger partial charge is 0.329 e. The first kappa shape index (κ1) is 12.7. The van der Waals surface area contributed by atoms with Crippen molar-refractivity contribution in [3.8, 4) is 0 Å². The van der Waals surface area contributed by atoms with Crippen LogP contribution in [0.15, 0.2) is 47.3 Å². The fraction of sp³-hybridized carbons (Fsp3) is 0.125. The lowest BCUT2D eigenvalue weighted by Crippen LogP contribution is -2.01. The Kier molecular flexibility index (Phi) is 3.09. The van der Waals surface area contributed by atoms with Crippen LogP contribution in [0.2, 0.25) is 0 Å². The van der Waals surface area contributed by atoms with Crippen LogP contribution in [0, 0.1) is 4.77 Å². The van der Waals surface area contributed by atoms with E-state index in [0.717, 1.165) is 39.7 Å². The van der Waals surface area contributed by atoms with Gasteiger partial charge in [-0.25, -0.2) is 0 Å². The van der Waals surface area contributed by atoms with Gasteiger partial charge in [-0.2, -0.15) is 11.3 Å². The van der Waals surface area contributed by atoms with Crippen molar-refractivity contribution in [2.45, 2.75) is 13.0 Å². The molecule has 0 radical (unpaired) electrons. The Balaban J connectivity index is 1.88. The SMILES string of the molecule is S=c1[nH]c2cnc3ccccc3c2n1CCc1ccsc1. The second-order valence-electron chi connectivity index (χ2n) is 5.00. The number of rotatable bonds is 3. The van der Waals surface area contributed by atoms with Gasteiger partial charge in [-0.1, -0.05) is 18.2 Å². The third-order valence-corrected chi connectivity index (χ3v) is 4.76. The van der Waals surface area contributed by atoms with Crippen molar-refractivity contribution in [2.24, 2.45) is 0 Å². The average molecular weight is 311 g/mol. The molecule has 0 aliphatic rings. The number of aromatic amines is 1. The van der Waals surface area contributed by atoms with Gasteiger partial charge >= 0.3 is 0 Å². The molecule has 3 aromatic heterocycles. The maximum absolute atomic E-state index is 5.49. The number of nitrogens with one attached hydrogen (secondary N) is 1. The molecule has 3 nitrogen and oxygen atoms in total. The molecular formula is C16H13N3S2. The number of imidazole rings is 1. The fourth-order valence-electron chi connectivity index (χ4n) is 2.68. The molecule has 0 saturated carbocycles. The number of hydrogen-bond donors (Lipinski definition) is 1. The molecule has 0 aliphatic heterocycles. The molecule has 0 unspecified atom stereocenters. The maximum Gasteiger partial charge on any atom is 0.178 e. The smallest absolute Gasteiger partial charge is 0.178 e. The summed E-state index contributed by atoms with van der Waals surface area (Å²) < 4.78 is 2.95. The lowest BCUT2D eigenvalue weighted by Gasteiger charge is -2.06. The number of benzene rings is 1. The zero-order valence-electron chi connectivity index (χ0n) is 11.2. The molecule has 0 atom stereocenters. The van der Waals surface area contributed by atoms with Gasteiger partial charge in [0.2, 0.25) is 0 Å². The monoisotopic (exact) mass is 311 g/mol. The zero-order chi connectivity index (χ0) is 14.2. The molecule has 21 heavy (non-hydrogen) atoms. The number of hydrogen-bond acceptors (Lipinski definition) is 3. The van der Waals surface area contributed by atoms with Crippen LogP contribution >= 0.6 is 23.6 Å². The molecule has 0 bridgehead atoms. The van der Waals surface area contributed by atoms with Gasteiger partial charge in [-0.15, -0.1) is 0 Å². The van der Waals surface area contributed by atoms with Crippen molar-refractivity contribution in [3.63, 3.8) is 0 Å². The Bertz CT molecular complexity index is 964. The van der Waals surface area contributed by atoms with E-state index >= 15 is 0 Å². The van der Waals surface area contributed by atoms with Crippen LogP contribution < -0.4 is 0 Å². The Morgan fingerprint density at radius 1 is 1.24 bits per heavy atom. The normalized spacial score (nSPS) is 11.4. The lowest BCUT2D eigenvalue weighted by atomic mass is 10.2. The van der Waals surface area contributed by atoms with Crippen molar-refractivity contribution in [3.05, 3.63) is 57.6 Å². The van der Waals surface area contributed by atoms with Gasteiger partial charge in [-0.05, 0) is 47.1 Å². The van der Waals surface area contributed by atoms with E-state index < -0.39 is 0 Å². The minimum Gasteiger partial charge on any atom is -0.329 e. The summed E-state index contributed by atoms with van der Waals surface area (Å²) in [5.41, 5.74) is 4.52. The van der Waals surface area contributed by atoms with Crippen LogP contribution in [0.1, 0.15) is 5.56 Å². The summed E-state index contributed by atoms with van der Waals surface area (Å²) in [5, 5.41) is 5.45. The number of fused-ring (bicyclic) bond motifs is 3. The van der Waals surface area contributed by atoms with E-state index in [0.29, 0.717) is 0 Å². The molecule has 1 N–H and O–H groups in total. The Hall–Kier alpha value is -1.98. The molecule has 0 fully saturated rings. The number of pyridine rings is 1. The highest BCUT2D eigenvalue weighted by molar-refractivity contribution is 7.71. The Morgan fingerprint density at radius 2 is 2.14 bits per heavy atom. The fourth-order valence-corrected chi connectivity index (χ4v) is 3.68. The Morgan fingerprint density at radius 3 is 3.00 bits per heavy atom. The van der Waals surface area contributed by atoms with Crippen LogP contribution in [0.25, 0.3) is 21.9 Å². The number of aryl methyl sites for hydroxylation is 2. The van der Waals surface area contributed by atoms with E-state index in [-0.39, 0.29) is 0 Å². The number of thiophene rings is 1. The number of nitrogens with zero attached hydrogens (tertiary/aromatic N) is 2. The zero-order valence-corrected chi connectivity index (χ0v) is 12.9. The first-order valence-electron chi connectivity index (χ1n) is 6.80. The Labute approximate surface area is 130 Å². The second kappa shape index (κ2) is 5.09. The van der Waals surface area contributed by atoms with Crippen molar-refractivity contribution in [1.29, 1.82) is 0 Å². The molecule has 4 aromatic rings. The third-order valence-electron chi connectivity index (χ3n) is 3.71. The van der Waals surface area contributed by atoms with Gasteiger partial charge in [0.15, 0.2) is 4.77 Å². The minimum absolute atomic E-state index is 0.762. The second-order valence-corrected chi connectivity index (χ2v) is 6.17. The first-order valence-corrected chi connectivity index (χ1v) is 8.15. The highest BCUT2D eigenvalue weighted by Gasteiger charge is 2.09. The van der Waals surface area contributed by atoms with Gasteiger partial charge in [0.25, 0.3) is 0 Å². The summed E-state index contributed by atoms with van der Waals surface area (Å²) in [6.07, 6.45) is 2.86. The summed E-state index contributed by atoms with van der Waals surface area (Å²) >= 11 is 7.23. The molecule has 1 aromatic carbocycles. The van der Waals surface area contributed by atoms with Gasteiger partial charge in [0, 0.05) is 11.9 Å². The van der Waals surface area contributed by atoms with Gasteiger partial charge in [-0.3, -0.25) is 4.98 Å². The molecule has 3 heterocycles. The standard InChI is InChI=1S/C16H13N3S2/c20-16-18-14-9-17-13-4-2-1-3-12(13)15(14)19(16)7-5-11-6-8-21-10-11/h1-4,6,8-10H,5,7H2,(H,18,20). The lowest BCUT2D eigenvalue weighted by molar-refractivity contribution is 0.709. The molecule has 0 saturated heterocycles. The highest BCUT2D eigenvalue weighted by atomic mass is 32.1. The maximum atomic E-state index is 5.49. The van der Waals surface area contributed by atoms with E-state index in [9.17, 15) is 0 Å². The quantitative estimate of drug-likeness (QED) is 0.563. The van der Waals surface area contributed by atoms with Gasteiger partial charge in [0.1, 0.15) is 0 Å². The predicted octanol–water partition coefficient (Wildman–Crippen LogP) is 4.55. The van der Waals surface area contributed by atoms with Crippen molar-refractivity contribution < 1.29 is 0 Å². The van der Waals surface area contributed by atoms with E-state index in [1.54, 1.807) is 11.3 Å². The van der Waals surface area contributed by atoms with Crippen LogP contribution in [0.3, 0.4) is 0 Å². The third kappa shape index (κ3) is 2.18. The van der Waals surface area contributed by atoms with Crippen molar-refractivity contribution >= 4 is 45.5 Å². The molecular weight excluding hydrogens is 298 g/mol. The van der Waals surface area contributed by atoms with E-state index in [2.05, 4.69) is 37.4 Å². The molecule has 104 valence electrons. The average Bonchev–Trinajstić information content (AvgIpc) is 3.12. The van der Waals surface area contributed by atoms with E-state index in [1.165, 1.54) is 5.56 Å². The summed E-state index contributed by atoms with van der Waals surface area (Å²) in [4.78, 5) is 7.75. The summed E-state index contributed by atoms with van der Waals surface area (Å²) in [7, 11) is 0. The summed E-state index contributed by atoms with van der Waals surface area (Å²) in [6.45, 7) is 0.879. The molecule has 0 aliphatic carbocycles. The molecule has 0 spiro atoms. The number of aromatic nitrogens is 3. The summed E-state index contributed by atoms with van der Waals surface area (Å²) in [6, 6.07) is 10.4. The van der Waals surface area contributed by atoms with Crippen molar-refractivity contribution in [1.82, 2.24) is 14.5 Å². The molecule has 0 amide bonds. The van der Waals surface area contributed by atoms with Gasteiger partial charge < -0.3 is 9.55 Å². The predicted molar refractivity (Wildman–Crippen MR) is 90.4 cm³/mol. The topological polar surface area (TPSA) is 33.6 Å². The van der Waals surface area contributed by atoms with Crippen molar-refractivity contribution in [2.75, 3.05) is 0 Å². The molecule has 5 heteroatoms. The van der Waals surface area contributed by atoms with E-state index in [1.807, 2.05) is 24.4 Å². The molecule has 4 rings (SSSR count). The van der Waals surface area contributed by atoms with Crippen LogP contribution in [0.4, 0.5) is 0 Å². The highest BCUT2D eigenvalue weighted by Crippen LogP contribution is 2.23. The van der Waals surface area contributed by atoms with Gasteiger partial charge in [0.05, 0.1) is 22.7 Å². The number of H-pyrrole nitrogens is 1. The van der Waals surface area contributed by atoms with Crippen LogP contribution in [0.5, 0.6) is 0 Å². The van der Waals surface area contributed by atoms with Crippen LogP contribution in [-0.4, -0.2) is 14.5 Å². The number of para-hydroxylation sites is 1. The minimum atomic E-state index is 0.762. The van der Waals surface area contributed by atoms with Crippen LogP contribution in [-0.2, 0) is 13.0 Å². The first-order chi connectivity index (χ1) is 10.3. The van der Waals surface area contributed by atoms with E-state index in [4.69, 9.17) is 12.2 Å². The summed E-state index contributed by atoms with van der Waals surface area (Å²) in [5.74, 6) is 0.